The molecule has 3 aromatic rings. The summed E-state index contributed by atoms with van der Waals surface area (Å²) in [6.07, 6.45) is 2.68. The molecule has 1 nitrogen and oxygen atoms in total. The van der Waals surface area contributed by atoms with Gasteiger partial charge in [-0.25, -0.2) is 0 Å². The molecular weight excluding hydrogens is 321 g/mol. The number of nitrogens with zero attached hydrogens (tertiary/aromatic N) is 1. The highest BCUT2D eigenvalue weighted by atomic mass is 31.1. The molecule has 0 aromatic heterocycles. The van der Waals surface area contributed by atoms with E-state index in [1.165, 1.54) is 47.4 Å². The second kappa shape index (κ2) is 7.95. The SMILES string of the molecule is c1ccc(P(c2ccccc2)c2ccccc2CN2CCCC2)cc1. The van der Waals surface area contributed by atoms with Crippen molar-refractivity contribution in [3.8, 4) is 0 Å². The minimum absolute atomic E-state index is 0.514. The van der Waals surface area contributed by atoms with Crippen LogP contribution < -0.4 is 15.9 Å². The second-order valence-corrected chi connectivity index (χ2v) is 8.80. The molecule has 0 atom stereocenters. The molecule has 0 aliphatic carbocycles. The molecule has 0 N–H and O–H groups in total. The summed E-state index contributed by atoms with van der Waals surface area (Å²) >= 11 is 0. The zero-order valence-corrected chi connectivity index (χ0v) is 15.4. The standard InChI is InChI=1S/C23H24NP/c1-3-12-21(13-4-1)25(22-14-5-2-6-15-22)23-16-8-7-11-20(23)19-24-17-9-10-18-24/h1-8,11-16H,9-10,17-19H2. The summed E-state index contributed by atoms with van der Waals surface area (Å²) in [7, 11) is -0.514. The lowest BCUT2D eigenvalue weighted by molar-refractivity contribution is 0.332. The fraction of sp³-hybridized carbons (Fsp3) is 0.217. The van der Waals surface area contributed by atoms with Gasteiger partial charge < -0.3 is 0 Å². The van der Waals surface area contributed by atoms with E-state index in [1.807, 2.05) is 0 Å². The molecule has 2 heteroatoms. The van der Waals surface area contributed by atoms with E-state index in [2.05, 4.69) is 89.8 Å². The Kier molecular flexibility index (Phi) is 5.25. The van der Waals surface area contributed by atoms with Crippen LogP contribution in [0.25, 0.3) is 0 Å². The number of hydrogen-bond acceptors (Lipinski definition) is 1. The lowest BCUT2D eigenvalue weighted by Gasteiger charge is -2.24. The molecule has 0 radical (unpaired) electrons. The lowest BCUT2D eigenvalue weighted by atomic mass is 10.2. The Balaban J connectivity index is 1.77. The first-order valence-electron chi connectivity index (χ1n) is 9.12. The van der Waals surface area contributed by atoms with Crippen LogP contribution >= 0.6 is 7.92 Å². The fourth-order valence-electron chi connectivity index (χ4n) is 3.63. The van der Waals surface area contributed by atoms with E-state index >= 15 is 0 Å². The Hall–Kier alpha value is -1.95. The van der Waals surface area contributed by atoms with Crippen molar-refractivity contribution in [2.45, 2.75) is 19.4 Å². The Morgan fingerprint density at radius 1 is 0.640 bits per heavy atom. The molecule has 126 valence electrons. The van der Waals surface area contributed by atoms with Gasteiger partial charge in [-0.15, -0.1) is 0 Å². The Bertz CT molecular complexity index is 755. The molecule has 1 heterocycles. The van der Waals surface area contributed by atoms with Crippen molar-refractivity contribution in [1.29, 1.82) is 0 Å². The maximum absolute atomic E-state index is 2.60. The van der Waals surface area contributed by atoms with Gasteiger partial charge in [0.2, 0.25) is 0 Å². The number of hydrogen-bond donors (Lipinski definition) is 0. The van der Waals surface area contributed by atoms with Crippen molar-refractivity contribution in [1.82, 2.24) is 4.90 Å². The monoisotopic (exact) mass is 345 g/mol. The summed E-state index contributed by atoms with van der Waals surface area (Å²) < 4.78 is 0. The lowest BCUT2D eigenvalue weighted by Crippen LogP contribution is -2.27. The fourth-order valence-corrected chi connectivity index (χ4v) is 6.09. The average Bonchev–Trinajstić information content (AvgIpc) is 3.18. The van der Waals surface area contributed by atoms with Gasteiger partial charge in [0.25, 0.3) is 0 Å². The first-order valence-corrected chi connectivity index (χ1v) is 10.5. The van der Waals surface area contributed by atoms with Crippen molar-refractivity contribution < 1.29 is 0 Å². The molecular formula is C23H24NP. The van der Waals surface area contributed by atoms with Crippen LogP contribution in [0.4, 0.5) is 0 Å². The van der Waals surface area contributed by atoms with Crippen molar-refractivity contribution >= 4 is 23.8 Å². The van der Waals surface area contributed by atoms with Crippen molar-refractivity contribution in [3.05, 3.63) is 90.5 Å². The Morgan fingerprint density at radius 3 is 1.76 bits per heavy atom. The van der Waals surface area contributed by atoms with Gasteiger partial charge in [-0.05, 0) is 55.3 Å². The van der Waals surface area contributed by atoms with Crippen LogP contribution in [0.5, 0.6) is 0 Å². The van der Waals surface area contributed by atoms with Gasteiger partial charge in [-0.1, -0.05) is 84.9 Å². The van der Waals surface area contributed by atoms with Gasteiger partial charge in [0.1, 0.15) is 0 Å². The van der Waals surface area contributed by atoms with Crippen LogP contribution in [0.15, 0.2) is 84.9 Å². The summed E-state index contributed by atoms with van der Waals surface area (Å²) in [6, 6.07) is 31.1. The normalized spacial score (nSPS) is 14.9. The van der Waals surface area contributed by atoms with Gasteiger partial charge in [0.05, 0.1) is 0 Å². The maximum Gasteiger partial charge on any atom is 0.0240 e. The molecule has 4 rings (SSSR count). The quantitative estimate of drug-likeness (QED) is 0.631. The Morgan fingerprint density at radius 2 is 1.16 bits per heavy atom. The van der Waals surface area contributed by atoms with Crippen LogP contribution in [0.1, 0.15) is 18.4 Å². The van der Waals surface area contributed by atoms with Gasteiger partial charge in [-0.3, -0.25) is 4.90 Å². The first-order chi connectivity index (χ1) is 12.4. The molecule has 0 bridgehead atoms. The Labute approximate surface area is 152 Å². The average molecular weight is 345 g/mol. The third-order valence-corrected chi connectivity index (χ3v) is 7.40. The van der Waals surface area contributed by atoms with E-state index in [1.54, 1.807) is 0 Å². The number of benzene rings is 3. The van der Waals surface area contributed by atoms with Crippen LogP contribution in [-0.2, 0) is 6.54 Å². The van der Waals surface area contributed by atoms with Crippen molar-refractivity contribution in [3.63, 3.8) is 0 Å². The van der Waals surface area contributed by atoms with Crippen LogP contribution in [0.2, 0.25) is 0 Å². The van der Waals surface area contributed by atoms with E-state index in [9.17, 15) is 0 Å². The van der Waals surface area contributed by atoms with Crippen LogP contribution in [0, 0.1) is 0 Å². The molecule has 0 spiro atoms. The molecule has 1 aliphatic rings. The van der Waals surface area contributed by atoms with Crippen molar-refractivity contribution in [2.24, 2.45) is 0 Å². The number of likely N-dealkylation sites (tertiary alicyclic amines) is 1. The zero-order valence-electron chi connectivity index (χ0n) is 14.5. The summed E-state index contributed by atoms with van der Waals surface area (Å²) in [6.45, 7) is 3.56. The minimum atomic E-state index is -0.514. The molecule has 3 aromatic carbocycles. The van der Waals surface area contributed by atoms with E-state index < -0.39 is 7.92 Å². The summed E-state index contributed by atoms with van der Waals surface area (Å²) in [5, 5.41) is 4.36. The van der Waals surface area contributed by atoms with Gasteiger partial charge in [0.15, 0.2) is 0 Å². The maximum atomic E-state index is 2.60. The largest absolute Gasteiger partial charge is 0.299 e. The number of rotatable bonds is 5. The van der Waals surface area contributed by atoms with Crippen LogP contribution in [0.3, 0.4) is 0 Å². The summed E-state index contributed by atoms with van der Waals surface area (Å²) in [5.74, 6) is 0. The third-order valence-electron chi connectivity index (χ3n) is 4.85. The van der Waals surface area contributed by atoms with Gasteiger partial charge >= 0.3 is 0 Å². The summed E-state index contributed by atoms with van der Waals surface area (Å²) in [5.41, 5.74) is 1.49. The predicted molar refractivity (Wildman–Crippen MR) is 110 cm³/mol. The first kappa shape index (κ1) is 16.5. The highest BCUT2D eigenvalue weighted by Crippen LogP contribution is 2.34. The third kappa shape index (κ3) is 3.84. The molecule has 25 heavy (non-hydrogen) atoms. The highest BCUT2D eigenvalue weighted by molar-refractivity contribution is 7.79. The zero-order chi connectivity index (χ0) is 16.9. The van der Waals surface area contributed by atoms with Gasteiger partial charge in [-0.2, -0.15) is 0 Å². The van der Waals surface area contributed by atoms with Crippen LogP contribution in [-0.4, -0.2) is 18.0 Å². The molecule has 1 fully saturated rings. The predicted octanol–water partition coefficient (Wildman–Crippen LogP) is 4.04. The second-order valence-electron chi connectivity index (χ2n) is 6.62. The molecule has 1 aliphatic heterocycles. The smallest absolute Gasteiger partial charge is 0.0240 e. The topological polar surface area (TPSA) is 3.24 Å². The van der Waals surface area contributed by atoms with Gasteiger partial charge in [0, 0.05) is 6.54 Å². The van der Waals surface area contributed by atoms with E-state index in [-0.39, 0.29) is 0 Å². The molecule has 0 saturated carbocycles. The summed E-state index contributed by atoms with van der Waals surface area (Å²) in [4.78, 5) is 2.60. The van der Waals surface area contributed by atoms with E-state index in [0.29, 0.717) is 0 Å². The minimum Gasteiger partial charge on any atom is -0.299 e. The molecule has 0 amide bonds. The van der Waals surface area contributed by atoms with E-state index in [4.69, 9.17) is 0 Å². The molecule has 1 saturated heterocycles. The van der Waals surface area contributed by atoms with E-state index in [0.717, 1.165) is 6.54 Å². The highest BCUT2D eigenvalue weighted by Gasteiger charge is 2.21. The van der Waals surface area contributed by atoms with Crippen molar-refractivity contribution in [2.75, 3.05) is 13.1 Å². The molecule has 0 unspecified atom stereocenters.